The first-order valence-electron chi connectivity index (χ1n) is 6.23. The van der Waals surface area contributed by atoms with Crippen LogP contribution in [0.1, 0.15) is 21.5 Å². The summed E-state index contributed by atoms with van der Waals surface area (Å²) in [6.07, 6.45) is 0. The molecule has 0 aliphatic rings. The zero-order valence-corrected chi connectivity index (χ0v) is 14.1. The van der Waals surface area contributed by atoms with Crippen LogP contribution in [0.5, 0.6) is 0 Å². The summed E-state index contributed by atoms with van der Waals surface area (Å²) in [6, 6.07) is 11.6. The molecule has 0 bridgehead atoms. The topological polar surface area (TPSA) is 20.3 Å². The number of anilines is 1. The monoisotopic (exact) mass is 349 g/mol. The van der Waals surface area contributed by atoms with Crippen LogP contribution >= 0.6 is 28.6 Å². The lowest BCUT2D eigenvalue weighted by Crippen LogP contribution is -2.26. The number of benzene rings is 2. The minimum absolute atomic E-state index is 0.0625. The SMILES string of the molecule is Cc1cc(C)cc(N(C)C(=O)c2ccc(Br)cc2S)c1. The quantitative estimate of drug-likeness (QED) is 0.783. The molecule has 2 aromatic carbocycles. The molecule has 2 nitrogen and oxygen atoms in total. The van der Waals surface area contributed by atoms with E-state index in [0.717, 1.165) is 21.3 Å². The van der Waals surface area contributed by atoms with Crippen molar-refractivity contribution in [3.63, 3.8) is 0 Å². The van der Waals surface area contributed by atoms with Crippen LogP contribution in [0.4, 0.5) is 5.69 Å². The van der Waals surface area contributed by atoms with Gasteiger partial charge >= 0.3 is 0 Å². The van der Waals surface area contributed by atoms with Gasteiger partial charge in [0.15, 0.2) is 0 Å². The maximum atomic E-state index is 12.6. The van der Waals surface area contributed by atoms with Gasteiger partial charge < -0.3 is 4.90 Å². The van der Waals surface area contributed by atoms with Gasteiger partial charge in [-0.25, -0.2) is 0 Å². The van der Waals surface area contributed by atoms with Crippen molar-refractivity contribution in [3.05, 3.63) is 57.6 Å². The van der Waals surface area contributed by atoms with Crippen LogP contribution in [-0.2, 0) is 0 Å². The van der Waals surface area contributed by atoms with Gasteiger partial charge in [-0.3, -0.25) is 4.79 Å². The van der Waals surface area contributed by atoms with Crippen molar-refractivity contribution < 1.29 is 4.79 Å². The first kappa shape index (κ1) is 15.1. The zero-order valence-electron chi connectivity index (χ0n) is 11.6. The first-order valence-corrected chi connectivity index (χ1v) is 7.47. The molecule has 0 aliphatic heterocycles. The van der Waals surface area contributed by atoms with Gasteiger partial charge in [0, 0.05) is 22.1 Å². The number of hydrogen-bond donors (Lipinski definition) is 1. The van der Waals surface area contributed by atoms with Gasteiger partial charge in [-0.05, 0) is 55.3 Å². The van der Waals surface area contributed by atoms with Gasteiger partial charge in [-0.2, -0.15) is 0 Å². The second-order valence-corrected chi connectivity index (χ2v) is 6.27. The molecule has 4 heteroatoms. The van der Waals surface area contributed by atoms with Crippen molar-refractivity contribution in [1.82, 2.24) is 0 Å². The molecule has 0 radical (unpaired) electrons. The molecule has 0 N–H and O–H groups in total. The number of hydrogen-bond acceptors (Lipinski definition) is 2. The van der Waals surface area contributed by atoms with Crippen LogP contribution < -0.4 is 4.90 Å². The third-order valence-corrected chi connectivity index (χ3v) is 3.95. The number of halogens is 1. The Kier molecular flexibility index (Phi) is 4.55. The number of carbonyl (C=O) groups is 1. The number of carbonyl (C=O) groups excluding carboxylic acids is 1. The van der Waals surface area contributed by atoms with Gasteiger partial charge in [-0.1, -0.05) is 22.0 Å². The maximum Gasteiger partial charge on any atom is 0.259 e. The molecule has 0 atom stereocenters. The fraction of sp³-hybridized carbons (Fsp3) is 0.188. The fourth-order valence-electron chi connectivity index (χ4n) is 2.13. The molecule has 104 valence electrons. The van der Waals surface area contributed by atoms with E-state index in [1.165, 1.54) is 0 Å². The summed E-state index contributed by atoms with van der Waals surface area (Å²) in [4.78, 5) is 14.9. The van der Waals surface area contributed by atoms with E-state index < -0.39 is 0 Å². The van der Waals surface area contributed by atoms with Crippen LogP contribution in [0.2, 0.25) is 0 Å². The zero-order chi connectivity index (χ0) is 14.9. The van der Waals surface area contributed by atoms with E-state index in [-0.39, 0.29) is 5.91 Å². The number of aryl methyl sites for hydroxylation is 2. The Bertz CT molecular complexity index is 649. The van der Waals surface area contributed by atoms with E-state index in [2.05, 4.69) is 34.6 Å². The molecule has 0 aromatic heterocycles. The second-order valence-electron chi connectivity index (χ2n) is 4.87. The molecule has 0 fully saturated rings. The highest BCUT2D eigenvalue weighted by Gasteiger charge is 2.16. The number of rotatable bonds is 2. The smallest absolute Gasteiger partial charge is 0.259 e. The summed E-state index contributed by atoms with van der Waals surface area (Å²) < 4.78 is 0.910. The van der Waals surface area contributed by atoms with Crippen molar-refractivity contribution in [2.45, 2.75) is 18.7 Å². The minimum atomic E-state index is -0.0625. The van der Waals surface area contributed by atoms with E-state index in [1.807, 2.05) is 38.1 Å². The molecule has 0 aliphatic carbocycles. The van der Waals surface area contributed by atoms with Crippen LogP contribution in [0.3, 0.4) is 0 Å². The molecule has 0 saturated carbocycles. The molecule has 1 amide bonds. The summed E-state index contributed by atoms with van der Waals surface area (Å²) in [5.41, 5.74) is 3.77. The van der Waals surface area contributed by atoms with E-state index in [4.69, 9.17) is 0 Å². The van der Waals surface area contributed by atoms with Crippen LogP contribution in [-0.4, -0.2) is 13.0 Å². The van der Waals surface area contributed by atoms with Crippen LogP contribution in [0.15, 0.2) is 45.8 Å². The summed E-state index contributed by atoms with van der Waals surface area (Å²) in [7, 11) is 1.78. The van der Waals surface area contributed by atoms with Crippen molar-refractivity contribution in [3.8, 4) is 0 Å². The Hall–Kier alpha value is -1.26. The first-order chi connectivity index (χ1) is 9.38. The molecular weight excluding hydrogens is 334 g/mol. The molecule has 0 saturated heterocycles. The highest BCUT2D eigenvalue weighted by Crippen LogP contribution is 2.24. The summed E-state index contributed by atoms with van der Waals surface area (Å²) in [5, 5.41) is 0. The second kappa shape index (κ2) is 6.02. The lowest BCUT2D eigenvalue weighted by atomic mass is 10.1. The standard InChI is InChI=1S/C16H16BrNOS/c1-10-6-11(2)8-13(7-10)18(3)16(19)14-5-4-12(17)9-15(14)20/h4-9,20H,1-3H3. The van der Waals surface area contributed by atoms with Crippen LogP contribution in [0.25, 0.3) is 0 Å². The number of nitrogens with zero attached hydrogens (tertiary/aromatic N) is 1. The third-order valence-electron chi connectivity index (χ3n) is 3.09. The molecule has 2 rings (SSSR count). The Balaban J connectivity index is 2.37. The van der Waals surface area contributed by atoms with Crippen molar-refractivity contribution >= 4 is 40.2 Å². The molecule has 2 aromatic rings. The van der Waals surface area contributed by atoms with Gasteiger partial charge in [0.25, 0.3) is 5.91 Å². The molecule has 0 heterocycles. The predicted molar refractivity (Wildman–Crippen MR) is 90.0 cm³/mol. The third kappa shape index (κ3) is 3.25. The average molecular weight is 350 g/mol. The number of amides is 1. The van der Waals surface area contributed by atoms with E-state index in [1.54, 1.807) is 18.0 Å². The minimum Gasteiger partial charge on any atom is -0.311 e. The largest absolute Gasteiger partial charge is 0.311 e. The van der Waals surface area contributed by atoms with E-state index in [0.29, 0.717) is 10.5 Å². The normalized spacial score (nSPS) is 10.4. The Morgan fingerprint density at radius 2 is 1.70 bits per heavy atom. The molecular formula is C16H16BrNOS. The highest BCUT2D eigenvalue weighted by molar-refractivity contribution is 9.10. The Morgan fingerprint density at radius 3 is 2.25 bits per heavy atom. The van der Waals surface area contributed by atoms with Gasteiger partial charge in [0.2, 0.25) is 0 Å². The predicted octanol–water partition coefficient (Wildman–Crippen LogP) is 4.63. The summed E-state index contributed by atoms with van der Waals surface area (Å²) in [6.45, 7) is 4.05. The fourth-order valence-corrected chi connectivity index (χ4v) is 2.98. The average Bonchev–Trinajstić information content (AvgIpc) is 2.36. The summed E-state index contributed by atoms with van der Waals surface area (Å²) >= 11 is 7.75. The van der Waals surface area contributed by atoms with Crippen molar-refractivity contribution in [2.24, 2.45) is 0 Å². The van der Waals surface area contributed by atoms with Gasteiger partial charge in [0.1, 0.15) is 0 Å². The van der Waals surface area contributed by atoms with Crippen molar-refractivity contribution in [1.29, 1.82) is 0 Å². The van der Waals surface area contributed by atoms with Crippen molar-refractivity contribution in [2.75, 3.05) is 11.9 Å². The maximum absolute atomic E-state index is 12.6. The Morgan fingerprint density at radius 1 is 1.10 bits per heavy atom. The molecule has 0 spiro atoms. The van der Waals surface area contributed by atoms with Gasteiger partial charge in [-0.15, -0.1) is 12.6 Å². The van der Waals surface area contributed by atoms with Crippen LogP contribution in [0, 0.1) is 13.8 Å². The Labute approximate surface area is 133 Å². The lowest BCUT2D eigenvalue weighted by molar-refractivity contribution is 0.0990. The lowest BCUT2D eigenvalue weighted by Gasteiger charge is -2.19. The van der Waals surface area contributed by atoms with E-state index in [9.17, 15) is 4.79 Å². The molecule has 20 heavy (non-hydrogen) atoms. The number of thiol groups is 1. The molecule has 0 unspecified atom stereocenters. The summed E-state index contributed by atoms with van der Waals surface area (Å²) in [5.74, 6) is -0.0625. The van der Waals surface area contributed by atoms with Gasteiger partial charge in [0.05, 0.1) is 5.56 Å². The van der Waals surface area contributed by atoms with E-state index >= 15 is 0 Å². The highest BCUT2D eigenvalue weighted by atomic mass is 79.9.